The highest BCUT2D eigenvalue weighted by atomic mass is 28.4. The highest BCUT2D eigenvalue weighted by molar-refractivity contribution is 6.74. The van der Waals surface area contributed by atoms with Crippen molar-refractivity contribution in [1.29, 1.82) is 0 Å². The minimum atomic E-state index is -2.04. The van der Waals surface area contributed by atoms with E-state index in [2.05, 4.69) is 40.4 Å². The van der Waals surface area contributed by atoms with Crippen molar-refractivity contribution in [1.82, 2.24) is 0 Å². The Morgan fingerprint density at radius 1 is 1.26 bits per heavy atom. The summed E-state index contributed by atoms with van der Waals surface area (Å²) >= 11 is 0. The van der Waals surface area contributed by atoms with Gasteiger partial charge in [0.15, 0.2) is 8.32 Å². The predicted octanol–water partition coefficient (Wildman–Crippen LogP) is 5.12. The van der Waals surface area contributed by atoms with E-state index >= 15 is 0 Å². The highest BCUT2D eigenvalue weighted by Crippen LogP contribution is 2.40. The molecule has 8 heteroatoms. The number of ether oxygens (including phenoxy) is 2. The zero-order chi connectivity index (χ0) is 25.7. The minimum Gasteiger partial charge on any atom is -0.478 e. The first kappa shape index (κ1) is 28.2. The number of carboxylic acids is 1. The van der Waals surface area contributed by atoms with Crippen molar-refractivity contribution < 1.29 is 33.7 Å². The Balaban J connectivity index is 2.30. The number of aliphatic hydroxyl groups excluding tert-OH is 1. The fourth-order valence-corrected chi connectivity index (χ4v) is 5.43. The van der Waals surface area contributed by atoms with Crippen molar-refractivity contribution >= 4 is 20.3 Å². The number of hydrogen-bond donors (Lipinski definition) is 2. The first-order valence-electron chi connectivity index (χ1n) is 11.9. The van der Waals surface area contributed by atoms with Gasteiger partial charge < -0.3 is 24.1 Å². The molecule has 1 saturated heterocycles. The molecule has 0 unspecified atom stereocenters. The van der Waals surface area contributed by atoms with Gasteiger partial charge in [0, 0.05) is 13.0 Å². The van der Waals surface area contributed by atoms with Crippen LogP contribution in [0.4, 0.5) is 0 Å². The molecule has 1 fully saturated rings. The number of aliphatic hydroxyl groups is 1. The van der Waals surface area contributed by atoms with Crippen molar-refractivity contribution in [2.75, 3.05) is 0 Å². The molecular weight excluding hydrogens is 452 g/mol. The summed E-state index contributed by atoms with van der Waals surface area (Å²) in [4.78, 5) is 23.2. The topological polar surface area (TPSA) is 102 Å². The summed E-state index contributed by atoms with van der Waals surface area (Å²) in [5.41, 5.74) is 0.685. The lowest BCUT2D eigenvalue weighted by Gasteiger charge is -2.43. The SMILES string of the molecule is C=CC[C@@H](O)C[C@@H]1C[C@@H](O[Si](C)(C)C(C)(C)C)C[C@@H](Cc2cc(OC(C)=O)ccc2C(=O)O)O1. The maximum Gasteiger partial charge on any atom is 0.335 e. The van der Waals surface area contributed by atoms with Gasteiger partial charge in [0.2, 0.25) is 0 Å². The number of carbonyl (C=O) groups excluding carboxylic acids is 1. The number of hydrogen-bond acceptors (Lipinski definition) is 6. The molecule has 0 saturated carbocycles. The van der Waals surface area contributed by atoms with Crippen LogP contribution < -0.4 is 4.74 Å². The summed E-state index contributed by atoms with van der Waals surface area (Å²) in [6, 6.07) is 4.52. The van der Waals surface area contributed by atoms with Crippen molar-refractivity contribution in [3.05, 3.63) is 42.0 Å². The van der Waals surface area contributed by atoms with E-state index in [4.69, 9.17) is 13.9 Å². The van der Waals surface area contributed by atoms with Crippen LogP contribution in [0.25, 0.3) is 0 Å². The Morgan fingerprint density at radius 3 is 2.47 bits per heavy atom. The third-order valence-corrected chi connectivity index (χ3v) is 11.2. The third kappa shape index (κ3) is 8.04. The monoisotopic (exact) mass is 492 g/mol. The van der Waals surface area contributed by atoms with Crippen LogP contribution in [0.3, 0.4) is 0 Å². The summed E-state index contributed by atoms with van der Waals surface area (Å²) in [7, 11) is -2.04. The summed E-state index contributed by atoms with van der Waals surface area (Å²) in [5.74, 6) is -1.22. The number of esters is 1. The second-order valence-electron chi connectivity index (χ2n) is 10.7. The molecule has 1 aromatic carbocycles. The van der Waals surface area contributed by atoms with Crippen LogP contribution in [0.2, 0.25) is 18.1 Å². The lowest BCUT2D eigenvalue weighted by atomic mass is 9.92. The zero-order valence-corrected chi connectivity index (χ0v) is 22.3. The van der Waals surface area contributed by atoms with Gasteiger partial charge in [-0.05, 0) is 74.0 Å². The van der Waals surface area contributed by atoms with Crippen molar-refractivity contribution in [3.63, 3.8) is 0 Å². The molecule has 1 heterocycles. The van der Waals surface area contributed by atoms with Gasteiger partial charge in [0.25, 0.3) is 0 Å². The van der Waals surface area contributed by atoms with E-state index in [1.807, 2.05) is 0 Å². The second kappa shape index (κ2) is 11.6. The molecule has 1 aliphatic heterocycles. The van der Waals surface area contributed by atoms with Gasteiger partial charge in [0.05, 0.1) is 23.9 Å². The molecule has 2 rings (SSSR count). The first-order chi connectivity index (χ1) is 15.7. The number of benzene rings is 1. The van der Waals surface area contributed by atoms with Crippen molar-refractivity contribution in [3.8, 4) is 5.75 Å². The molecule has 34 heavy (non-hydrogen) atoms. The normalized spacial score (nSPS) is 22.1. The smallest absolute Gasteiger partial charge is 0.335 e. The third-order valence-electron chi connectivity index (χ3n) is 6.69. The lowest BCUT2D eigenvalue weighted by molar-refractivity contribution is -0.131. The molecule has 7 nitrogen and oxygen atoms in total. The van der Waals surface area contributed by atoms with Gasteiger partial charge in [-0.25, -0.2) is 4.79 Å². The molecule has 1 aliphatic rings. The average Bonchev–Trinajstić information content (AvgIpc) is 2.66. The highest BCUT2D eigenvalue weighted by Gasteiger charge is 2.42. The minimum absolute atomic E-state index is 0.0491. The van der Waals surface area contributed by atoms with E-state index in [1.165, 1.54) is 19.1 Å². The Morgan fingerprint density at radius 2 is 1.91 bits per heavy atom. The molecule has 0 aromatic heterocycles. The molecule has 0 aliphatic carbocycles. The lowest BCUT2D eigenvalue weighted by Crippen LogP contribution is -2.48. The maximum absolute atomic E-state index is 11.8. The van der Waals surface area contributed by atoms with Gasteiger partial charge in [0.1, 0.15) is 5.75 Å². The van der Waals surface area contributed by atoms with E-state index in [9.17, 15) is 19.8 Å². The molecule has 2 N–H and O–H groups in total. The number of aromatic carboxylic acids is 1. The number of rotatable bonds is 10. The van der Waals surface area contributed by atoms with Crippen molar-refractivity contribution in [2.45, 2.75) is 102 Å². The van der Waals surface area contributed by atoms with Crippen LogP contribution in [0, 0.1) is 0 Å². The molecule has 0 spiro atoms. The summed E-state index contributed by atoms with van der Waals surface area (Å²) in [5, 5.41) is 20.1. The Kier molecular flexibility index (Phi) is 9.65. The first-order valence-corrected chi connectivity index (χ1v) is 14.8. The van der Waals surface area contributed by atoms with Crippen molar-refractivity contribution in [2.24, 2.45) is 0 Å². The van der Waals surface area contributed by atoms with Gasteiger partial charge in [-0.1, -0.05) is 26.8 Å². The van der Waals surface area contributed by atoms with Crippen LogP contribution in [0.15, 0.2) is 30.9 Å². The fraction of sp³-hybridized carbons (Fsp3) is 0.615. The molecular formula is C26H40O7Si. The van der Waals surface area contributed by atoms with Crippen LogP contribution in [-0.4, -0.2) is 54.9 Å². The Labute approximate surface area is 204 Å². The standard InChI is InChI=1S/C26H40O7Si/c1-8-9-19(28)14-22-16-23(33-34(6,7)26(3,4)5)15-21(32-22)13-18-12-20(31-17(2)27)10-11-24(18)25(29)30/h8,10-12,19,21-23,28H,1,9,13-16H2,2-7H3,(H,29,30)/t19-,21-,22-,23+/m1/s1. The molecule has 190 valence electrons. The van der Waals surface area contributed by atoms with Gasteiger partial charge in [-0.3, -0.25) is 4.79 Å². The van der Waals surface area contributed by atoms with Crippen LogP contribution in [0.5, 0.6) is 5.75 Å². The molecule has 0 radical (unpaired) electrons. The average molecular weight is 493 g/mol. The fourth-order valence-electron chi connectivity index (χ4n) is 4.05. The quantitative estimate of drug-likeness (QED) is 0.202. The Bertz CT molecular complexity index is 874. The molecule has 0 bridgehead atoms. The Hall–Kier alpha value is -2.00. The zero-order valence-electron chi connectivity index (χ0n) is 21.3. The maximum atomic E-state index is 11.8. The van der Waals surface area contributed by atoms with Crippen LogP contribution in [-0.2, 0) is 20.4 Å². The largest absolute Gasteiger partial charge is 0.478 e. The van der Waals surface area contributed by atoms with Gasteiger partial charge in [-0.2, -0.15) is 0 Å². The summed E-state index contributed by atoms with van der Waals surface area (Å²) in [6.45, 7) is 16.0. The van der Waals surface area contributed by atoms with E-state index in [1.54, 1.807) is 12.1 Å². The van der Waals surface area contributed by atoms with E-state index in [-0.39, 0.29) is 28.9 Å². The summed E-state index contributed by atoms with van der Waals surface area (Å²) in [6.07, 6.45) is 3.14. The van der Waals surface area contributed by atoms with Gasteiger partial charge >= 0.3 is 11.9 Å². The van der Waals surface area contributed by atoms with E-state index in [0.29, 0.717) is 43.4 Å². The molecule has 0 amide bonds. The molecule has 1 aromatic rings. The van der Waals surface area contributed by atoms with Crippen LogP contribution >= 0.6 is 0 Å². The molecule has 4 atom stereocenters. The number of carbonyl (C=O) groups is 2. The van der Waals surface area contributed by atoms with E-state index < -0.39 is 26.4 Å². The van der Waals surface area contributed by atoms with Crippen LogP contribution in [0.1, 0.15) is 69.3 Å². The van der Waals surface area contributed by atoms with E-state index in [0.717, 1.165) is 0 Å². The second-order valence-corrected chi connectivity index (χ2v) is 15.4. The van der Waals surface area contributed by atoms with Gasteiger partial charge in [-0.15, -0.1) is 6.58 Å². The predicted molar refractivity (Wildman–Crippen MR) is 134 cm³/mol. The summed E-state index contributed by atoms with van der Waals surface area (Å²) < 4.78 is 18.2. The number of carboxylic acid groups (broad SMARTS) is 1.